The molecule has 1 saturated heterocycles. The molecule has 1 aromatic carbocycles. The molecule has 1 aliphatic heterocycles. The summed E-state index contributed by atoms with van der Waals surface area (Å²) in [4.78, 5) is 0. The molecule has 1 atom stereocenters. The molecule has 5 nitrogen and oxygen atoms in total. The van der Waals surface area contributed by atoms with E-state index in [1.807, 2.05) is 31.2 Å². The molecule has 1 unspecified atom stereocenters. The zero-order valence-electron chi connectivity index (χ0n) is 11.6. The van der Waals surface area contributed by atoms with Crippen molar-refractivity contribution in [2.45, 2.75) is 19.4 Å². The SMILES string of the molecule is Cc1c(-c2ccc(I)cc2)nn(C2CCS(=O)(=O)C2)c1N. The Bertz CT molecular complexity index is 781. The molecule has 1 aliphatic rings. The van der Waals surface area contributed by atoms with Crippen molar-refractivity contribution in [2.75, 3.05) is 17.2 Å². The molecule has 0 spiro atoms. The van der Waals surface area contributed by atoms with Crippen molar-refractivity contribution < 1.29 is 8.42 Å². The van der Waals surface area contributed by atoms with Crippen molar-refractivity contribution in [3.8, 4) is 11.3 Å². The van der Waals surface area contributed by atoms with E-state index in [4.69, 9.17) is 5.73 Å². The Morgan fingerprint density at radius 3 is 2.57 bits per heavy atom. The summed E-state index contributed by atoms with van der Waals surface area (Å²) in [6.07, 6.45) is 0.583. The van der Waals surface area contributed by atoms with Crippen LogP contribution in [0.1, 0.15) is 18.0 Å². The molecule has 2 heterocycles. The third-order valence-corrected chi connectivity index (χ3v) is 6.34. The Morgan fingerprint density at radius 2 is 2.00 bits per heavy atom. The number of anilines is 1. The number of halogens is 1. The van der Waals surface area contributed by atoms with Gasteiger partial charge >= 0.3 is 0 Å². The quantitative estimate of drug-likeness (QED) is 0.762. The Kier molecular flexibility index (Phi) is 3.73. The number of hydrogen-bond acceptors (Lipinski definition) is 4. The third kappa shape index (κ3) is 2.80. The highest BCUT2D eigenvalue weighted by molar-refractivity contribution is 14.1. The van der Waals surface area contributed by atoms with Crippen molar-refractivity contribution >= 4 is 38.2 Å². The van der Waals surface area contributed by atoms with Gasteiger partial charge in [0.2, 0.25) is 0 Å². The minimum atomic E-state index is -2.95. The van der Waals surface area contributed by atoms with Crippen LogP contribution in [0.2, 0.25) is 0 Å². The van der Waals surface area contributed by atoms with Crippen molar-refractivity contribution in [1.29, 1.82) is 0 Å². The van der Waals surface area contributed by atoms with Gasteiger partial charge in [-0.3, -0.25) is 0 Å². The fourth-order valence-corrected chi connectivity index (χ4v) is 4.71. The number of benzene rings is 1. The predicted molar refractivity (Wildman–Crippen MR) is 91.8 cm³/mol. The molecule has 0 saturated carbocycles. The lowest BCUT2D eigenvalue weighted by Gasteiger charge is -2.10. The molecule has 7 heteroatoms. The number of aromatic nitrogens is 2. The molecular weight excluding hydrogens is 401 g/mol. The average molecular weight is 417 g/mol. The summed E-state index contributed by atoms with van der Waals surface area (Å²) in [7, 11) is -2.95. The van der Waals surface area contributed by atoms with Crippen molar-refractivity contribution in [3.63, 3.8) is 0 Å². The first-order chi connectivity index (χ1) is 9.87. The Morgan fingerprint density at radius 1 is 1.33 bits per heavy atom. The third-order valence-electron chi connectivity index (χ3n) is 3.87. The number of nitrogens with two attached hydrogens (primary N) is 1. The molecule has 0 radical (unpaired) electrons. The van der Waals surface area contributed by atoms with E-state index in [2.05, 4.69) is 27.7 Å². The maximum Gasteiger partial charge on any atom is 0.152 e. The van der Waals surface area contributed by atoms with Crippen LogP contribution in [-0.2, 0) is 9.84 Å². The fourth-order valence-electron chi connectivity index (χ4n) is 2.66. The van der Waals surface area contributed by atoms with Crippen LogP contribution in [-0.4, -0.2) is 29.7 Å². The first-order valence-electron chi connectivity index (χ1n) is 6.68. The number of nitrogens with zero attached hydrogens (tertiary/aromatic N) is 2. The smallest absolute Gasteiger partial charge is 0.152 e. The maximum absolute atomic E-state index is 11.6. The standard InChI is InChI=1S/C14H16IN3O2S/c1-9-13(10-2-4-11(15)5-3-10)17-18(14(9)16)12-6-7-21(19,20)8-12/h2-5,12H,6-8,16H2,1H3. The molecule has 0 aliphatic carbocycles. The van der Waals surface area contributed by atoms with E-state index in [0.717, 1.165) is 20.4 Å². The summed E-state index contributed by atoms with van der Waals surface area (Å²) in [5.74, 6) is 0.907. The summed E-state index contributed by atoms with van der Waals surface area (Å²) in [5.41, 5.74) is 8.87. The molecule has 3 rings (SSSR count). The minimum Gasteiger partial charge on any atom is -0.384 e. The van der Waals surface area contributed by atoms with Crippen LogP contribution in [0.4, 0.5) is 5.82 Å². The summed E-state index contributed by atoms with van der Waals surface area (Å²) in [6, 6.07) is 7.90. The molecular formula is C14H16IN3O2S. The van der Waals surface area contributed by atoms with E-state index < -0.39 is 9.84 Å². The first kappa shape index (κ1) is 14.8. The molecule has 2 N–H and O–H groups in total. The van der Waals surface area contributed by atoms with Crippen LogP contribution in [0.15, 0.2) is 24.3 Å². The van der Waals surface area contributed by atoms with E-state index in [-0.39, 0.29) is 17.5 Å². The maximum atomic E-state index is 11.6. The van der Waals surface area contributed by atoms with Gasteiger partial charge in [0.05, 0.1) is 23.2 Å². The van der Waals surface area contributed by atoms with Crippen molar-refractivity contribution in [3.05, 3.63) is 33.4 Å². The Labute approximate surface area is 137 Å². The van der Waals surface area contributed by atoms with Gasteiger partial charge in [0.25, 0.3) is 0 Å². The summed E-state index contributed by atoms with van der Waals surface area (Å²) in [5, 5.41) is 4.58. The van der Waals surface area contributed by atoms with Crippen molar-refractivity contribution in [2.24, 2.45) is 0 Å². The lowest BCUT2D eigenvalue weighted by atomic mass is 10.1. The topological polar surface area (TPSA) is 78.0 Å². The largest absolute Gasteiger partial charge is 0.384 e. The van der Waals surface area contributed by atoms with Gasteiger partial charge in [-0.25, -0.2) is 13.1 Å². The molecule has 112 valence electrons. The molecule has 1 fully saturated rings. The van der Waals surface area contributed by atoms with Crippen LogP contribution in [0.3, 0.4) is 0 Å². The highest BCUT2D eigenvalue weighted by Gasteiger charge is 2.31. The highest BCUT2D eigenvalue weighted by atomic mass is 127. The number of sulfone groups is 1. The van der Waals surface area contributed by atoms with Gasteiger partial charge in [0.1, 0.15) is 5.82 Å². The second-order valence-electron chi connectivity index (χ2n) is 5.37. The average Bonchev–Trinajstić information content (AvgIpc) is 2.93. The summed E-state index contributed by atoms with van der Waals surface area (Å²) < 4.78 is 26.1. The zero-order chi connectivity index (χ0) is 15.2. The summed E-state index contributed by atoms with van der Waals surface area (Å²) >= 11 is 2.25. The van der Waals surface area contributed by atoms with Crippen LogP contribution in [0.5, 0.6) is 0 Å². The first-order valence-corrected chi connectivity index (χ1v) is 9.58. The van der Waals surface area contributed by atoms with Gasteiger partial charge in [0, 0.05) is 14.7 Å². The molecule has 21 heavy (non-hydrogen) atoms. The second-order valence-corrected chi connectivity index (χ2v) is 8.84. The molecule has 0 bridgehead atoms. The van der Waals surface area contributed by atoms with E-state index in [9.17, 15) is 8.42 Å². The lowest BCUT2D eigenvalue weighted by molar-refractivity contribution is 0.508. The predicted octanol–water partition coefficient (Wildman–Crippen LogP) is 2.40. The fraction of sp³-hybridized carbons (Fsp3) is 0.357. The highest BCUT2D eigenvalue weighted by Crippen LogP contribution is 2.32. The number of nitrogen functional groups attached to an aromatic ring is 1. The van der Waals surface area contributed by atoms with E-state index in [0.29, 0.717) is 12.2 Å². The Hall–Kier alpha value is -1.09. The normalized spacial score (nSPS) is 20.8. The van der Waals surface area contributed by atoms with Gasteiger partial charge in [-0.05, 0) is 48.1 Å². The van der Waals surface area contributed by atoms with Crippen LogP contribution < -0.4 is 5.73 Å². The minimum absolute atomic E-state index is 0.129. The van der Waals surface area contributed by atoms with Crippen LogP contribution in [0, 0.1) is 10.5 Å². The van der Waals surface area contributed by atoms with Crippen molar-refractivity contribution in [1.82, 2.24) is 9.78 Å². The van der Waals surface area contributed by atoms with Gasteiger partial charge in [-0.15, -0.1) is 0 Å². The zero-order valence-corrected chi connectivity index (χ0v) is 14.6. The van der Waals surface area contributed by atoms with E-state index in [1.54, 1.807) is 4.68 Å². The molecule has 1 aromatic heterocycles. The van der Waals surface area contributed by atoms with Gasteiger partial charge in [-0.1, -0.05) is 12.1 Å². The molecule has 2 aromatic rings. The Balaban J connectivity index is 2.02. The summed E-state index contributed by atoms with van der Waals surface area (Å²) in [6.45, 7) is 1.93. The van der Waals surface area contributed by atoms with Gasteiger partial charge in [-0.2, -0.15) is 5.10 Å². The van der Waals surface area contributed by atoms with E-state index in [1.165, 1.54) is 0 Å². The second kappa shape index (κ2) is 5.28. The van der Waals surface area contributed by atoms with Crippen LogP contribution >= 0.6 is 22.6 Å². The van der Waals surface area contributed by atoms with Gasteiger partial charge in [0.15, 0.2) is 9.84 Å². The van der Waals surface area contributed by atoms with E-state index >= 15 is 0 Å². The number of hydrogen-bond donors (Lipinski definition) is 1. The number of rotatable bonds is 2. The molecule has 0 amide bonds. The van der Waals surface area contributed by atoms with Crippen LogP contribution in [0.25, 0.3) is 11.3 Å². The van der Waals surface area contributed by atoms with Gasteiger partial charge < -0.3 is 5.73 Å². The lowest BCUT2D eigenvalue weighted by Crippen LogP contribution is -2.14. The monoisotopic (exact) mass is 417 g/mol.